The molecule has 5 heterocycles. The highest BCUT2D eigenvalue weighted by atomic mass is 19.4. The summed E-state index contributed by atoms with van der Waals surface area (Å²) in [4.78, 5) is 30.0. The number of carbonyl (C=O) groups excluding carboxylic acids is 1. The molecule has 10 nitrogen and oxygen atoms in total. The van der Waals surface area contributed by atoms with Gasteiger partial charge in [0.2, 0.25) is 0 Å². The number of methoxy groups -OCH3 is 1. The van der Waals surface area contributed by atoms with Gasteiger partial charge in [-0.2, -0.15) is 18.3 Å². The van der Waals surface area contributed by atoms with Gasteiger partial charge in [0, 0.05) is 56.2 Å². The first-order chi connectivity index (χ1) is 20.7. The molecule has 4 aromatic heterocycles. The van der Waals surface area contributed by atoms with Gasteiger partial charge >= 0.3 is 6.18 Å². The smallest absolute Gasteiger partial charge is 0.419 e. The van der Waals surface area contributed by atoms with Crippen molar-refractivity contribution >= 4 is 17.4 Å². The van der Waals surface area contributed by atoms with Crippen molar-refractivity contribution in [3.63, 3.8) is 0 Å². The molecular formula is C30H27F3N8O2. The molecule has 13 heteroatoms. The molecule has 5 aromatic rings. The summed E-state index contributed by atoms with van der Waals surface area (Å²) in [5.74, 6) is -0.341. The van der Waals surface area contributed by atoms with Crippen molar-refractivity contribution in [2.75, 3.05) is 39.0 Å². The van der Waals surface area contributed by atoms with Crippen molar-refractivity contribution in [3.05, 3.63) is 90.0 Å². The van der Waals surface area contributed by atoms with Crippen LogP contribution >= 0.6 is 0 Å². The van der Waals surface area contributed by atoms with Gasteiger partial charge in [-0.05, 0) is 42.5 Å². The van der Waals surface area contributed by atoms with E-state index in [0.29, 0.717) is 41.3 Å². The summed E-state index contributed by atoms with van der Waals surface area (Å²) in [5, 5.41) is 4.54. The van der Waals surface area contributed by atoms with Gasteiger partial charge in [0.05, 0.1) is 41.5 Å². The number of aromatic nitrogens is 5. The predicted molar refractivity (Wildman–Crippen MR) is 153 cm³/mol. The SMILES string of the molecule is COc1cc(-c2cnc3ccc(-c4cnc(N)c(C(F)(F)F)c4)nn23)ccc1C(=O)N1CCN(Cc2ccccn2)CC1. The highest BCUT2D eigenvalue weighted by Crippen LogP contribution is 2.35. The van der Waals surface area contributed by atoms with Crippen LogP contribution < -0.4 is 10.5 Å². The fraction of sp³-hybridized carbons (Fsp3) is 0.233. The van der Waals surface area contributed by atoms with Gasteiger partial charge in [-0.15, -0.1) is 0 Å². The van der Waals surface area contributed by atoms with Gasteiger partial charge in [0.25, 0.3) is 5.91 Å². The fourth-order valence-electron chi connectivity index (χ4n) is 5.09. The van der Waals surface area contributed by atoms with Crippen molar-refractivity contribution in [2.24, 2.45) is 0 Å². The number of benzene rings is 1. The van der Waals surface area contributed by atoms with Gasteiger partial charge in [-0.3, -0.25) is 14.7 Å². The van der Waals surface area contributed by atoms with E-state index in [2.05, 4.69) is 25.0 Å². The van der Waals surface area contributed by atoms with Crippen molar-refractivity contribution in [1.82, 2.24) is 34.4 Å². The number of pyridine rings is 2. The number of nitrogens with zero attached hydrogens (tertiary/aromatic N) is 7. The lowest BCUT2D eigenvalue weighted by molar-refractivity contribution is -0.137. The van der Waals surface area contributed by atoms with E-state index in [1.165, 1.54) is 17.8 Å². The van der Waals surface area contributed by atoms with Gasteiger partial charge in [-0.1, -0.05) is 12.1 Å². The highest BCUT2D eigenvalue weighted by molar-refractivity contribution is 5.97. The third-order valence-corrected chi connectivity index (χ3v) is 7.38. The number of amides is 1. The van der Waals surface area contributed by atoms with Crippen molar-refractivity contribution in [3.8, 4) is 28.3 Å². The summed E-state index contributed by atoms with van der Waals surface area (Å²) in [7, 11) is 1.50. The number of piperazine rings is 1. The maximum absolute atomic E-state index is 13.5. The number of nitrogen functional groups attached to an aromatic ring is 1. The number of rotatable bonds is 6. The molecule has 1 amide bonds. The first-order valence-corrected chi connectivity index (χ1v) is 13.5. The number of hydrogen-bond donors (Lipinski definition) is 1. The van der Waals surface area contributed by atoms with Crippen LogP contribution in [0.1, 0.15) is 21.6 Å². The molecule has 43 heavy (non-hydrogen) atoms. The van der Waals surface area contributed by atoms with E-state index in [9.17, 15) is 18.0 Å². The number of fused-ring (bicyclic) bond motifs is 1. The average Bonchev–Trinajstić information content (AvgIpc) is 3.44. The first-order valence-electron chi connectivity index (χ1n) is 13.5. The van der Waals surface area contributed by atoms with Crippen molar-refractivity contribution in [1.29, 1.82) is 0 Å². The summed E-state index contributed by atoms with van der Waals surface area (Å²) in [6.07, 6.45) is -0.0275. The van der Waals surface area contributed by atoms with Gasteiger partial charge in [-0.25, -0.2) is 14.5 Å². The summed E-state index contributed by atoms with van der Waals surface area (Å²) in [5.41, 5.74) is 7.98. The fourth-order valence-corrected chi connectivity index (χ4v) is 5.09. The molecular weight excluding hydrogens is 561 g/mol. The lowest BCUT2D eigenvalue weighted by atomic mass is 10.1. The summed E-state index contributed by atoms with van der Waals surface area (Å²) >= 11 is 0. The molecule has 220 valence electrons. The van der Waals surface area contributed by atoms with Crippen molar-refractivity contribution in [2.45, 2.75) is 12.7 Å². The lowest BCUT2D eigenvalue weighted by Gasteiger charge is -2.34. The standard InChI is InChI=1S/C30H27F3N8O2/c1-43-26-15-19(5-6-22(26)29(42)40-12-10-39(11-13-40)18-21-4-2-3-9-35-21)25-17-36-27-8-7-24(38-41(25)27)20-14-23(30(31,32)33)28(34)37-16-20/h2-9,14-17H,10-13,18H2,1H3,(H2,34,37). The Bertz CT molecular complexity index is 1780. The third kappa shape index (κ3) is 5.71. The third-order valence-electron chi connectivity index (χ3n) is 7.38. The summed E-state index contributed by atoms with van der Waals surface area (Å²) < 4.78 is 47.4. The van der Waals surface area contributed by atoms with Crippen LogP contribution in [0.25, 0.3) is 28.2 Å². The zero-order chi connectivity index (χ0) is 30.1. The number of carbonyl (C=O) groups is 1. The maximum atomic E-state index is 13.5. The second-order valence-electron chi connectivity index (χ2n) is 10.1. The summed E-state index contributed by atoms with van der Waals surface area (Å²) in [6, 6.07) is 15.2. The molecule has 0 spiro atoms. The Balaban J connectivity index is 1.23. The van der Waals surface area contributed by atoms with E-state index in [0.717, 1.165) is 31.4 Å². The van der Waals surface area contributed by atoms with E-state index in [-0.39, 0.29) is 17.2 Å². The van der Waals surface area contributed by atoms with E-state index >= 15 is 0 Å². The monoisotopic (exact) mass is 588 g/mol. The first kappa shape index (κ1) is 28.1. The Labute approximate surface area is 244 Å². The van der Waals surface area contributed by atoms with E-state index in [4.69, 9.17) is 10.5 Å². The number of anilines is 1. The molecule has 0 saturated carbocycles. The van der Waals surface area contributed by atoms with Crippen LogP contribution in [-0.4, -0.2) is 73.6 Å². The minimum absolute atomic E-state index is 0.129. The molecule has 0 atom stereocenters. The Morgan fingerprint density at radius 2 is 1.77 bits per heavy atom. The second-order valence-corrected chi connectivity index (χ2v) is 10.1. The maximum Gasteiger partial charge on any atom is 0.419 e. The average molecular weight is 589 g/mol. The molecule has 1 aliphatic rings. The van der Waals surface area contributed by atoms with Crippen LogP contribution in [0.5, 0.6) is 5.75 Å². The Hall–Kier alpha value is -5.04. The van der Waals surface area contributed by atoms with Crippen LogP contribution in [0.4, 0.5) is 19.0 Å². The molecule has 0 unspecified atom stereocenters. The van der Waals surface area contributed by atoms with Gasteiger partial charge in [0.1, 0.15) is 11.6 Å². The molecule has 0 aliphatic carbocycles. The Morgan fingerprint density at radius 1 is 0.953 bits per heavy atom. The Kier molecular flexibility index (Phi) is 7.40. The molecule has 1 saturated heterocycles. The predicted octanol–water partition coefficient (Wildman–Crippen LogP) is 4.42. The van der Waals surface area contributed by atoms with Crippen LogP contribution in [0.3, 0.4) is 0 Å². The number of alkyl halides is 3. The summed E-state index contributed by atoms with van der Waals surface area (Å²) in [6.45, 7) is 3.34. The zero-order valence-electron chi connectivity index (χ0n) is 23.1. The van der Waals surface area contributed by atoms with Gasteiger partial charge < -0.3 is 15.4 Å². The van der Waals surface area contributed by atoms with Crippen LogP contribution in [0, 0.1) is 0 Å². The number of halogens is 3. The van der Waals surface area contributed by atoms with E-state index in [1.807, 2.05) is 23.1 Å². The molecule has 0 bridgehead atoms. The topological polar surface area (TPSA) is 115 Å². The number of nitrogens with two attached hydrogens (primary N) is 1. The van der Waals surface area contributed by atoms with Crippen LogP contribution in [0.15, 0.2) is 73.2 Å². The number of ether oxygens (including phenoxy) is 1. The zero-order valence-corrected chi connectivity index (χ0v) is 23.1. The second kappa shape index (κ2) is 11.3. The minimum Gasteiger partial charge on any atom is -0.496 e. The van der Waals surface area contributed by atoms with E-state index < -0.39 is 17.6 Å². The Morgan fingerprint density at radius 3 is 2.49 bits per heavy atom. The van der Waals surface area contributed by atoms with Crippen LogP contribution in [0.2, 0.25) is 0 Å². The highest BCUT2D eigenvalue weighted by Gasteiger charge is 2.34. The normalized spacial score (nSPS) is 14.3. The molecule has 2 N–H and O–H groups in total. The molecule has 0 radical (unpaired) electrons. The van der Waals surface area contributed by atoms with Crippen LogP contribution in [-0.2, 0) is 12.7 Å². The lowest BCUT2D eigenvalue weighted by Crippen LogP contribution is -2.48. The van der Waals surface area contributed by atoms with Crippen molar-refractivity contribution < 1.29 is 22.7 Å². The quantitative estimate of drug-likeness (QED) is 0.310. The molecule has 1 aliphatic heterocycles. The van der Waals surface area contributed by atoms with E-state index in [1.54, 1.807) is 42.7 Å². The largest absolute Gasteiger partial charge is 0.496 e. The van der Waals surface area contributed by atoms with Gasteiger partial charge in [0.15, 0.2) is 5.65 Å². The number of hydrogen-bond acceptors (Lipinski definition) is 8. The molecule has 1 aromatic carbocycles. The number of imidazole rings is 1. The molecule has 6 rings (SSSR count). The molecule has 1 fully saturated rings. The minimum atomic E-state index is -4.65.